The zero-order valence-corrected chi connectivity index (χ0v) is 41.3. The lowest BCUT2D eigenvalue weighted by atomic mass is 10.0. The first-order chi connectivity index (χ1) is 31.2. The molecule has 0 unspecified atom stereocenters. The molecule has 0 saturated carbocycles. The number of azide groups is 1. The third kappa shape index (κ3) is 48.7. The lowest BCUT2D eigenvalue weighted by Gasteiger charge is -2.24. The van der Waals surface area contributed by atoms with Crippen LogP contribution in [0.3, 0.4) is 0 Å². The molecular formula is C47H89N5O13. The van der Waals surface area contributed by atoms with Gasteiger partial charge in [0.1, 0.15) is 17.2 Å². The molecule has 0 spiro atoms. The summed E-state index contributed by atoms with van der Waals surface area (Å²) in [5, 5.41) is 8.98. The second-order valence-corrected chi connectivity index (χ2v) is 17.8. The minimum Gasteiger partial charge on any atom is -0.460 e. The Morgan fingerprint density at radius 3 is 1.25 bits per heavy atom. The number of hydrogen-bond acceptors (Lipinski definition) is 14. The van der Waals surface area contributed by atoms with Crippen molar-refractivity contribution in [3.63, 3.8) is 0 Å². The number of carbonyl (C=O) groups is 4. The molecule has 0 rings (SSSR count). The smallest absolute Gasteiger partial charge is 0.329 e. The summed E-state index contributed by atoms with van der Waals surface area (Å²) in [6, 6.07) is -0.903. The van der Waals surface area contributed by atoms with Gasteiger partial charge in [0.15, 0.2) is 0 Å². The van der Waals surface area contributed by atoms with Crippen LogP contribution in [-0.4, -0.2) is 147 Å². The first kappa shape index (κ1) is 61.9. The molecule has 2 N–H and O–H groups in total. The van der Waals surface area contributed by atoms with Crippen LogP contribution in [0, 0.1) is 0 Å². The maximum Gasteiger partial charge on any atom is 0.329 e. The Morgan fingerprint density at radius 2 is 0.846 bits per heavy atom. The van der Waals surface area contributed by atoms with E-state index in [-0.39, 0.29) is 30.6 Å². The zero-order valence-electron chi connectivity index (χ0n) is 41.3. The largest absolute Gasteiger partial charge is 0.460 e. The summed E-state index contributed by atoms with van der Waals surface area (Å²) in [6.07, 6.45) is 16.8. The van der Waals surface area contributed by atoms with Crippen LogP contribution >= 0.6 is 0 Å². The highest BCUT2D eigenvalue weighted by Crippen LogP contribution is 2.16. The molecule has 0 radical (unpaired) electrons. The SMILES string of the molecule is CC(C)(C)OC(=O)CCCCCCCCCCCCCCCCC(=O)N[C@@H](CCC(=O)NCCOCCOCCOCCOCCOCCOCCOCCN=[N+]=[N-])C(=O)OC(C)(C)C. The highest BCUT2D eigenvalue weighted by Gasteiger charge is 2.27. The first-order valence-electron chi connectivity index (χ1n) is 24.3. The van der Waals surface area contributed by atoms with E-state index >= 15 is 0 Å². The van der Waals surface area contributed by atoms with Crippen LogP contribution in [0.15, 0.2) is 5.11 Å². The Kier molecular flexibility index (Phi) is 41.4. The van der Waals surface area contributed by atoms with Crippen LogP contribution in [0.4, 0.5) is 0 Å². The monoisotopic (exact) mass is 932 g/mol. The van der Waals surface area contributed by atoms with E-state index in [1.807, 2.05) is 20.8 Å². The predicted molar refractivity (Wildman–Crippen MR) is 249 cm³/mol. The van der Waals surface area contributed by atoms with Crippen molar-refractivity contribution in [3.8, 4) is 0 Å². The number of nitrogens with zero attached hydrogens (tertiary/aromatic N) is 3. The van der Waals surface area contributed by atoms with Crippen molar-refractivity contribution in [3.05, 3.63) is 10.4 Å². The standard InChI is InChI=1S/C47H89N5O13/c1-46(2,3)64-44(55)22-20-18-16-14-12-10-8-7-9-11-13-15-17-19-21-43(54)51-41(45(56)65-47(4,5)6)23-24-42(53)49-25-27-57-29-31-59-33-35-61-37-39-63-40-38-62-36-34-60-32-30-58-28-26-50-52-48/h41H,7-40H2,1-6H3,(H,49,53)(H,51,54)/t41-/m0/s1. The van der Waals surface area contributed by atoms with Crippen LogP contribution < -0.4 is 10.6 Å². The van der Waals surface area contributed by atoms with Crippen LogP contribution in [0.2, 0.25) is 0 Å². The quantitative estimate of drug-likeness (QED) is 0.0196. The fourth-order valence-corrected chi connectivity index (χ4v) is 6.16. The Hall–Kier alpha value is -3.09. The normalized spacial score (nSPS) is 12.1. The van der Waals surface area contributed by atoms with Crippen molar-refractivity contribution in [2.75, 3.05) is 106 Å². The molecule has 0 aliphatic heterocycles. The van der Waals surface area contributed by atoms with Crippen LogP contribution in [0.5, 0.6) is 0 Å². The molecule has 65 heavy (non-hydrogen) atoms. The van der Waals surface area contributed by atoms with Crippen molar-refractivity contribution >= 4 is 23.8 Å². The van der Waals surface area contributed by atoms with Crippen molar-refractivity contribution in [1.82, 2.24) is 10.6 Å². The van der Waals surface area contributed by atoms with Crippen molar-refractivity contribution in [2.24, 2.45) is 5.11 Å². The summed E-state index contributed by atoms with van der Waals surface area (Å²) >= 11 is 0. The lowest BCUT2D eigenvalue weighted by molar-refractivity contribution is -0.159. The molecule has 0 aromatic rings. The van der Waals surface area contributed by atoms with E-state index in [0.717, 1.165) is 38.5 Å². The van der Waals surface area contributed by atoms with Gasteiger partial charge in [-0.2, -0.15) is 0 Å². The fraction of sp³-hybridized carbons (Fsp3) is 0.915. The van der Waals surface area contributed by atoms with Crippen LogP contribution in [0.1, 0.15) is 157 Å². The summed E-state index contributed by atoms with van der Waals surface area (Å²) in [6.45, 7) is 17.5. The number of amides is 2. The van der Waals surface area contributed by atoms with E-state index in [9.17, 15) is 19.2 Å². The number of hydrogen-bond donors (Lipinski definition) is 2. The van der Waals surface area contributed by atoms with Gasteiger partial charge in [-0.15, -0.1) is 0 Å². The molecule has 0 fully saturated rings. The summed E-state index contributed by atoms with van der Waals surface area (Å²) < 4.78 is 48.9. The molecule has 0 aromatic heterocycles. The van der Waals surface area contributed by atoms with Gasteiger partial charge in [-0.1, -0.05) is 82.2 Å². The fourth-order valence-electron chi connectivity index (χ4n) is 6.16. The van der Waals surface area contributed by atoms with Crippen molar-refractivity contribution < 1.29 is 61.8 Å². The van der Waals surface area contributed by atoms with Gasteiger partial charge < -0.3 is 53.3 Å². The van der Waals surface area contributed by atoms with Gasteiger partial charge in [0.05, 0.1) is 92.5 Å². The van der Waals surface area contributed by atoms with E-state index in [4.69, 9.17) is 48.2 Å². The third-order valence-electron chi connectivity index (χ3n) is 9.34. The number of unbranched alkanes of at least 4 members (excludes halogenated alkanes) is 13. The molecule has 18 nitrogen and oxygen atoms in total. The van der Waals surface area contributed by atoms with Gasteiger partial charge in [-0.25, -0.2) is 4.79 Å². The summed E-state index contributed by atoms with van der Waals surface area (Å²) in [7, 11) is 0. The molecule has 0 aromatic carbocycles. The van der Waals surface area contributed by atoms with Gasteiger partial charge in [-0.05, 0) is 66.3 Å². The van der Waals surface area contributed by atoms with Crippen molar-refractivity contribution in [1.29, 1.82) is 0 Å². The predicted octanol–water partition coefficient (Wildman–Crippen LogP) is 7.72. The Labute approximate surface area is 390 Å². The maximum absolute atomic E-state index is 12.9. The molecule has 0 heterocycles. The van der Waals surface area contributed by atoms with Gasteiger partial charge in [0.25, 0.3) is 0 Å². The van der Waals surface area contributed by atoms with Crippen LogP contribution in [0.25, 0.3) is 10.4 Å². The second-order valence-electron chi connectivity index (χ2n) is 17.8. The van der Waals surface area contributed by atoms with E-state index in [2.05, 4.69) is 20.7 Å². The van der Waals surface area contributed by atoms with E-state index in [1.165, 1.54) is 51.4 Å². The van der Waals surface area contributed by atoms with E-state index in [1.54, 1.807) is 20.8 Å². The van der Waals surface area contributed by atoms with E-state index < -0.39 is 23.2 Å². The van der Waals surface area contributed by atoms with Gasteiger partial charge in [0.2, 0.25) is 11.8 Å². The average molecular weight is 932 g/mol. The van der Waals surface area contributed by atoms with Crippen LogP contribution in [-0.2, 0) is 61.8 Å². The molecular weight excluding hydrogens is 843 g/mol. The second kappa shape index (κ2) is 43.5. The molecule has 380 valence electrons. The Morgan fingerprint density at radius 1 is 0.477 bits per heavy atom. The highest BCUT2D eigenvalue weighted by atomic mass is 16.6. The number of nitrogens with one attached hydrogen (secondary N) is 2. The van der Waals surface area contributed by atoms with E-state index in [0.29, 0.717) is 118 Å². The molecule has 0 aliphatic rings. The Bertz CT molecular complexity index is 1230. The minimum absolute atomic E-state index is 0.0556. The molecule has 1 atom stereocenters. The molecule has 18 heteroatoms. The number of ether oxygens (including phenoxy) is 9. The zero-order chi connectivity index (χ0) is 48.1. The highest BCUT2D eigenvalue weighted by molar-refractivity contribution is 5.85. The topological polar surface area (TPSA) is 224 Å². The lowest BCUT2D eigenvalue weighted by Crippen LogP contribution is -2.44. The number of carbonyl (C=O) groups excluding carboxylic acids is 4. The third-order valence-corrected chi connectivity index (χ3v) is 9.34. The van der Waals surface area contributed by atoms with Gasteiger partial charge in [0, 0.05) is 37.3 Å². The Balaban J connectivity index is 3.84. The summed E-state index contributed by atoms with van der Waals surface area (Å²) in [4.78, 5) is 52.6. The first-order valence-corrected chi connectivity index (χ1v) is 24.3. The van der Waals surface area contributed by atoms with Gasteiger partial charge >= 0.3 is 11.9 Å². The summed E-state index contributed by atoms with van der Waals surface area (Å²) in [5.41, 5.74) is 7.05. The molecule has 0 aliphatic carbocycles. The number of rotatable bonds is 46. The molecule has 0 saturated heterocycles. The average Bonchev–Trinajstić information content (AvgIpc) is 3.23. The minimum atomic E-state index is -0.903. The summed E-state index contributed by atoms with van der Waals surface area (Å²) in [5.74, 6) is -1.09. The molecule has 2 amide bonds. The number of esters is 2. The van der Waals surface area contributed by atoms with Gasteiger partial charge in [-0.3, -0.25) is 14.4 Å². The van der Waals surface area contributed by atoms with Crippen molar-refractivity contribution in [2.45, 2.75) is 174 Å². The molecule has 0 bridgehead atoms. The maximum atomic E-state index is 12.9.